The summed E-state index contributed by atoms with van der Waals surface area (Å²) in [5.41, 5.74) is 6.67. The molecule has 1 saturated heterocycles. The maximum atomic E-state index is 5.78. The first-order chi connectivity index (χ1) is 7.75. The van der Waals surface area contributed by atoms with Crippen molar-refractivity contribution in [2.45, 2.75) is 12.8 Å². The van der Waals surface area contributed by atoms with Gasteiger partial charge in [-0.3, -0.25) is 0 Å². The Morgan fingerprint density at radius 3 is 3.25 bits per heavy atom. The molecule has 2 heterocycles. The van der Waals surface area contributed by atoms with E-state index in [1.807, 2.05) is 6.07 Å². The number of halogens is 1. The highest BCUT2D eigenvalue weighted by Gasteiger charge is 2.14. The minimum absolute atomic E-state index is 0.542. The Morgan fingerprint density at radius 2 is 2.50 bits per heavy atom. The van der Waals surface area contributed by atoms with E-state index in [0.717, 1.165) is 36.3 Å². The van der Waals surface area contributed by atoms with Crippen LogP contribution < -0.4 is 11.1 Å². The van der Waals surface area contributed by atoms with Gasteiger partial charge in [-0.1, -0.05) is 0 Å². The van der Waals surface area contributed by atoms with E-state index in [0.29, 0.717) is 11.7 Å². The van der Waals surface area contributed by atoms with Crippen molar-refractivity contribution in [2.75, 3.05) is 30.8 Å². The summed E-state index contributed by atoms with van der Waals surface area (Å²) in [5, 5.41) is 3.33. The smallest absolute Gasteiger partial charge is 0.146 e. The zero-order valence-corrected chi connectivity index (χ0v) is 10.7. The molecule has 0 aliphatic carbocycles. The van der Waals surface area contributed by atoms with Crippen LogP contribution >= 0.6 is 15.9 Å². The third kappa shape index (κ3) is 3.09. The molecule has 5 heteroatoms. The molecule has 1 aromatic rings. The van der Waals surface area contributed by atoms with Gasteiger partial charge in [0.25, 0.3) is 0 Å². The number of nitrogens with zero attached hydrogens (tertiary/aromatic N) is 1. The second-order valence-electron chi connectivity index (χ2n) is 4.05. The summed E-state index contributed by atoms with van der Waals surface area (Å²) < 4.78 is 6.36. The second-order valence-corrected chi connectivity index (χ2v) is 4.97. The Labute approximate surface area is 104 Å². The Balaban J connectivity index is 1.90. The minimum atomic E-state index is 0.542. The third-order valence-electron chi connectivity index (χ3n) is 2.72. The third-order valence-corrected chi connectivity index (χ3v) is 3.15. The lowest BCUT2D eigenvalue weighted by atomic mass is 10.0. The van der Waals surface area contributed by atoms with Crippen LogP contribution in [0.15, 0.2) is 16.7 Å². The first-order valence-electron chi connectivity index (χ1n) is 5.48. The molecule has 2 rings (SSSR count). The van der Waals surface area contributed by atoms with Gasteiger partial charge in [-0.25, -0.2) is 4.98 Å². The summed E-state index contributed by atoms with van der Waals surface area (Å²) >= 11 is 3.38. The number of anilines is 2. The topological polar surface area (TPSA) is 60.2 Å². The monoisotopic (exact) mass is 285 g/mol. The first kappa shape index (κ1) is 11.7. The SMILES string of the molecule is Nc1ncc(Br)cc1NCC1CCCOC1. The number of nitrogens with one attached hydrogen (secondary N) is 1. The van der Waals surface area contributed by atoms with Crippen LogP contribution in [0.1, 0.15) is 12.8 Å². The van der Waals surface area contributed by atoms with Crippen LogP contribution in [-0.4, -0.2) is 24.7 Å². The van der Waals surface area contributed by atoms with Crippen LogP contribution in [0, 0.1) is 5.92 Å². The van der Waals surface area contributed by atoms with Gasteiger partial charge < -0.3 is 15.8 Å². The van der Waals surface area contributed by atoms with Gasteiger partial charge in [0.05, 0.1) is 12.3 Å². The standard InChI is InChI=1S/C11H16BrN3O/c12-9-4-10(11(13)15-6-9)14-5-8-2-1-3-16-7-8/h4,6,8,14H,1-3,5,7H2,(H2,13,15). The van der Waals surface area contributed by atoms with Gasteiger partial charge in [0, 0.05) is 23.8 Å². The van der Waals surface area contributed by atoms with Crippen molar-refractivity contribution in [3.05, 3.63) is 16.7 Å². The highest BCUT2D eigenvalue weighted by atomic mass is 79.9. The molecule has 3 N–H and O–H groups in total. The van der Waals surface area contributed by atoms with Gasteiger partial charge in [0.1, 0.15) is 5.82 Å². The number of rotatable bonds is 3. The molecule has 16 heavy (non-hydrogen) atoms. The molecule has 0 saturated carbocycles. The molecular formula is C11H16BrN3O. The summed E-state index contributed by atoms with van der Waals surface area (Å²) in [6, 6.07) is 1.95. The van der Waals surface area contributed by atoms with Crippen molar-refractivity contribution >= 4 is 27.4 Å². The molecule has 1 unspecified atom stereocenters. The van der Waals surface area contributed by atoms with Gasteiger partial charge in [0.15, 0.2) is 0 Å². The second kappa shape index (κ2) is 5.50. The van der Waals surface area contributed by atoms with Crippen molar-refractivity contribution in [1.82, 2.24) is 4.98 Å². The quantitative estimate of drug-likeness (QED) is 0.894. The van der Waals surface area contributed by atoms with Crippen LogP contribution in [0.4, 0.5) is 11.5 Å². The highest BCUT2D eigenvalue weighted by molar-refractivity contribution is 9.10. The molecule has 4 nitrogen and oxygen atoms in total. The summed E-state index contributed by atoms with van der Waals surface area (Å²) in [6.45, 7) is 2.63. The minimum Gasteiger partial charge on any atom is -0.382 e. The molecule has 0 bridgehead atoms. The number of pyridine rings is 1. The maximum absolute atomic E-state index is 5.78. The fraction of sp³-hybridized carbons (Fsp3) is 0.545. The Bertz CT molecular complexity index is 353. The molecular weight excluding hydrogens is 270 g/mol. The molecule has 88 valence electrons. The molecule has 1 atom stereocenters. The molecule has 1 aliphatic rings. The van der Waals surface area contributed by atoms with Crippen molar-refractivity contribution < 1.29 is 4.74 Å². The molecule has 0 spiro atoms. The fourth-order valence-corrected chi connectivity index (χ4v) is 2.15. The van der Waals surface area contributed by atoms with Gasteiger partial charge in [-0.15, -0.1) is 0 Å². The normalized spacial score (nSPS) is 20.7. The van der Waals surface area contributed by atoms with E-state index in [1.165, 1.54) is 6.42 Å². The number of nitrogen functional groups attached to an aromatic ring is 1. The van der Waals surface area contributed by atoms with Crippen LogP contribution in [-0.2, 0) is 4.74 Å². The largest absolute Gasteiger partial charge is 0.382 e. The Hall–Kier alpha value is -0.810. The van der Waals surface area contributed by atoms with Gasteiger partial charge in [-0.05, 0) is 40.8 Å². The summed E-state index contributed by atoms with van der Waals surface area (Å²) in [7, 11) is 0. The zero-order valence-electron chi connectivity index (χ0n) is 9.08. The predicted molar refractivity (Wildman–Crippen MR) is 68.4 cm³/mol. The highest BCUT2D eigenvalue weighted by Crippen LogP contribution is 2.22. The van der Waals surface area contributed by atoms with Crippen LogP contribution in [0.3, 0.4) is 0 Å². The maximum Gasteiger partial charge on any atom is 0.146 e. The van der Waals surface area contributed by atoms with Crippen LogP contribution in [0.5, 0.6) is 0 Å². The van der Waals surface area contributed by atoms with E-state index in [2.05, 4.69) is 26.2 Å². The van der Waals surface area contributed by atoms with E-state index in [-0.39, 0.29) is 0 Å². The fourth-order valence-electron chi connectivity index (χ4n) is 1.81. The molecule has 0 amide bonds. The van der Waals surface area contributed by atoms with Gasteiger partial charge in [-0.2, -0.15) is 0 Å². The summed E-state index contributed by atoms with van der Waals surface area (Å²) in [6.07, 6.45) is 4.07. The lowest BCUT2D eigenvalue weighted by molar-refractivity contribution is 0.0595. The summed E-state index contributed by atoms with van der Waals surface area (Å²) in [5.74, 6) is 1.12. The van der Waals surface area contributed by atoms with Gasteiger partial charge in [0.2, 0.25) is 0 Å². The zero-order chi connectivity index (χ0) is 11.4. The first-order valence-corrected chi connectivity index (χ1v) is 6.27. The molecule has 0 radical (unpaired) electrons. The van der Waals surface area contributed by atoms with E-state index >= 15 is 0 Å². The van der Waals surface area contributed by atoms with Crippen LogP contribution in [0.2, 0.25) is 0 Å². The van der Waals surface area contributed by atoms with Crippen molar-refractivity contribution in [1.29, 1.82) is 0 Å². The van der Waals surface area contributed by atoms with Crippen LogP contribution in [0.25, 0.3) is 0 Å². The summed E-state index contributed by atoms with van der Waals surface area (Å²) in [4.78, 5) is 4.08. The lowest BCUT2D eigenvalue weighted by Crippen LogP contribution is -2.24. The Kier molecular flexibility index (Phi) is 4.01. The van der Waals surface area contributed by atoms with E-state index in [4.69, 9.17) is 10.5 Å². The van der Waals surface area contributed by atoms with Gasteiger partial charge >= 0.3 is 0 Å². The number of nitrogens with two attached hydrogens (primary N) is 1. The number of aromatic nitrogens is 1. The molecule has 1 aliphatic heterocycles. The average molecular weight is 286 g/mol. The van der Waals surface area contributed by atoms with E-state index in [1.54, 1.807) is 6.20 Å². The number of hydrogen-bond acceptors (Lipinski definition) is 4. The molecule has 0 aromatic carbocycles. The molecule has 1 fully saturated rings. The number of hydrogen-bond donors (Lipinski definition) is 2. The average Bonchev–Trinajstić information content (AvgIpc) is 2.32. The van der Waals surface area contributed by atoms with Crippen molar-refractivity contribution in [3.8, 4) is 0 Å². The Morgan fingerprint density at radius 1 is 1.62 bits per heavy atom. The predicted octanol–water partition coefficient (Wildman–Crippen LogP) is 2.26. The molecule has 1 aromatic heterocycles. The lowest BCUT2D eigenvalue weighted by Gasteiger charge is -2.22. The van der Waals surface area contributed by atoms with E-state index < -0.39 is 0 Å². The number of ether oxygens (including phenoxy) is 1. The van der Waals surface area contributed by atoms with Crippen molar-refractivity contribution in [2.24, 2.45) is 5.92 Å². The van der Waals surface area contributed by atoms with Crippen molar-refractivity contribution in [3.63, 3.8) is 0 Å². The van der Waals surface area contributed by atoms with E-state index in [9.17, 15) is 0 Å².